The molecule has 0 bridgehead atoms. The van der Waals surface area contributed by atoms with Gasteiger partial charge in [-0.3, -0.25) is 10.1 Å². The number of para-hydroxylation sites is 3. The molecule has 0 aromatic heterocycles. The molecule has 3 aromatic carbocycles. The Labute approximate surface area is 181 Å². The van der Waals surface area contributed by atoms with Gasteiger partial charge in [0.15, 0.2) is 5.11 Å². The SMILES string of the molecule is O=C(/C=C/c1ccccc1)NC(=S)Nc1ccccc1OCCOc1ccccc1. The fourth-order valence-corrected chi connectivity index (χ4v) is 2.78. The normalized spacial score (nSPS) is 10.4. The van der Waals surface area contributed by atoms with Crippen LogP contribution in [0.5, 0.6) is 11.5 Å². The first kappa shape index (κ1) is 21.1. The molecule has 0 unspecified atom stereocenters. The van der Waals surface area contributed by atoms with Gasteiger partial charge in [-0.25, -0.2) is 0 Å². The summed E-state index contributed by atoms with van der Waals surface area (Å²) in [7, 11) is 0. The Morgan fingerprint density at radius 3 is 2.23 bits per heavy atom. The molecule has 0 radical (unpaired) electrons. The zero-order valence-corrected chi connectivity index (χ0v) is 17.1. The molecule has 0 saturated heterocycles. The highest BCUT2D eigenvalue weighted by Crippen LogP contribution is 2.23. The molecule has 0 saturated carbocycles. The van der Waals surface area contributed by atoms with Gasteiger partial charge in [-0.1, -0.05) is 60.7 Å². The molecule has 30 heavy (non-hydrogen) atoms. The molecule has 0 fully saturated rings. The van der Waals surface area contributed by atoms with Crippen molar-refractivity contribution in [3.63, 3.8) is 0 Å². The van der Waals surface area contributed by atoms with E-state index in [1.165, 1.54) is 6.08 Å². The van der Waals surface area contributed by atoms with Gasteiger partial charge in [-0.15, -0.1) is 0 Å². The largest absolute Gasteiger partial charge is 0.490 e. The topological polar surface area (TPSA) is 59.6 Å². The summed E-state index contributed by atoms with van der Waals surface area (Å²) in [6.07, 6.45) is 3.16. The van der Waals surface area contributed by atoms with Crippen molar-refractivity contribution in [1.29, 1.82) is 0 Å². The van der Waals surface area contributed by atoms with E-state index in [1.54, 1.807) is 6.08 Å². The van der Waals surface area contributed by atoms with Gasteiger partial charge in [0, 0.05) is 6.08 Å². The van der Waals surface area contributed by atoms with Crippen molar-refractivity contribution in [3.8, 4) is 11.5 Å². The number of nitrogens with one attached hydrogen (secondary N) is 2. The van der Waals surface area contributed by atoms with Gasteiger partial charge in [-0.05, 0) is 48.1 Å². The predicted molar refractivity (Wildman–Crippen MR) is 124 cm³/mol. The highest BCUT2D eigenvalue weighted by atomic mass is 32.1. The third-order valence-corrected chi connectivity index (χ3v) is 4.16. The Hall–Kier alpha value is -3.64. The molecular weight excluding hydrogens is 396 g/mol. The van der Waals surface area contributed by atoms with Crippen molar-refractivity contribution in [2.75, 3.05) is 18.5 Å². The van der Waals surface area contributed by atoms with Crippen molar-refractivity contribution in [1.82, 2.24) is 5.32 Å². The van der Waals surface area contributed by atoms with Crippen LogP contribution in [0.4, 0.5) is 5.69 Å². The highest BCUT2D eigenvalue weighted by Gasteiger charge is 2.07. The molecule has 152 valence electrons. The molecule has 5 nitrogen and oxygen atoms in total. The Morgan fingerprint density at radius 2 is 1.47 bits per heavy atom. The maximum absolute atomic E-state index is 12.1. The molecule has 1 amide bonds. The van der Waals surface area contributed by atoms with Gasteiger partial charge in [-0.2, -0.15) is 0 Å². The second kappa shape index (κ2) is 11.4. The summed E-state index contributed by atoms with van der Waals surface area (Å²) < 4.78 is 11.4. The first-order valence-corrected chi connectivity index (χ1v) is 9.86. The van der Waals surface area contributed by atoms with Crippen LogP contribution in [0.1, 0.15) is 5.56 Å². The minimum Gasteiger partial charge on any atom is -0.490 e. The summed E-state index contributed by atoms with van der Waals surface area (Å²) >= 11 is 5.24. The molecule has 0 atom stereocenters. The molecule has 6 heteroatoms. The van der Waals surface area contributed by atoms with Crippen LogP contribution >= 0.6 is 12.2 Å². The van der Waals surface area contributed by atoms with Crippen molar-refractivity contribution >= 4 is 35.0 Å². The standard InChI is InChI=1S/C24H22N2O3S/c27-23(16-15-19-9-3-1-4-10-19)26-24(30)25-21-13-7-8-14-22(21)29-18-17-28-20-11-5-2-6-12-20/h1-16H,17-18H2,(H2,25,26,27,30)/b16-15+. The summed E-state index contributed by atoms with van der Waals surface area (Å²) in [5.74, 6) is 1.09. The van der Waals surface area contributed by atoms with Crippen molar-refractivity contribution < 1.29 is 14.3 Å². The number of thiocarbonyl (C=S) groups is 1. The molecule has 0 spiro atoms. The molecule has 3 aromatic rings. The third kappa shape index (κ3) is 7.07. The van der Waals surface area contributed by atoms with E-state index < -0.39 is 0 Å². The zero-order chi connectivity index (χ0) is 21.0. The monoisotopic (exact) mass is 418 g/mol. The van der Waals surface area contributed by atoms with Crippen LogP contribution in [0.25, 0.3) is 6.08 Å². The number of ether oxygens (including phenoxy) is 2. The molecule has 0 aliphatic heterocycles. The fraction of sp³-hybridized carbons (Fsp3) is 0.0833. The number of anilines is 1. The maximum Gasteiger partial charge on any atom is 0.250 e. The number of amides is 1. The number of carbonyl (C=O) groups is 1. The number of hydrogen-bond donors (Lipinski definition) is 2. The van der Waals surface area contributed by atoms with Crippen LogP contribution in [0.2, 0.25) is 0 Å². The number of rotatable bonds is 8. The quantitative estimate of drug-likeness (QED) is 0.316. The van der Waals surface area contributed by atoms with E-state index in [4.69, 9.17) is 21.7 Å². The first-order chi connectivity index (χ1) is 14.7. The smallest absolute Gasteiger partial charge is 0.250 e. The third-order valence-electron chi connectivity index (χ3n) is 3.95. The van der Waals surface area contributed by atoms with Crippen molar-refractivity contribution in [3.05, 3.63) is 96.6 Å². The van der Waals surface area contributed by atoms with E-state index in [-0.39, 0.29) is 11.0 Å². The number of carbonyl (C=O) groups excluding carboxylic acids is 1. The summed E-state index contributed by atoms with van der Waals surface area (Å²) in [5, 5.41) is 5.82. The Morgan fingerprint density at radius 1 is 0.833 bits per heavy atom. The van der Waals surface area contributed by atoms with Gasteiger partial charge in [0.1, 0.15) is 24.7 Å². The van der Waals surface area contributed by atoms with E-state index in [9.17, 15) is 4.79 Å². The Bertz CT molecular complexity index is 992. The Kier molecular flexibility index (Phi) is 8.00. The summed E-state index contributed by atoms with van der Waals surface area (Å²) in [6.45, 7) is 0.774. The summed E-state index contributed by atoms with van der Waals surface area (Å²) in [5.41, 5.74) is 1.59. The van der Waals surface area contributed by atoms with E-state index in [0.29, 0.717) is 24.7 Å². The van der Waals surface area contributed by atoms with Crippen molar-refractivity contribution in [2.45, 2.75) is 0 Å². The predicted octanol–water partition coefficient (Wildman–Crippen LogP) is 4.67. The van der Waals surface area contributed by atoms with E-state index in [0.717, 1.165) is 11.3 Å². The van der Waals surface area contributed by atoms with Crippen LogP contribution < -0.4 is 20.1 Å². The highest BCUT2D eigenvalue weighted by molar-refractivity contribution is 7.80. The van der Waals surface area contributed by atoms with E-state index in [2.05, 4.69) is 10.6 Å². The zero-order valence-electron chi connectivity index (χ0n) is 16.3. The molecule has 0 heterocycles. The first-order valence-electron chi connectivity index (χ1n) is 9.45. The van der Waals surface area contributed by atoms with Gasteiger partial charge in [0.05, 0.1) is 5.69 Å². The van der Waals surface area contributed by atoms with E-state index >= 15 is 0 Å². The lowest BCUT2D eigenvalue weighted by Gasteiger charge is -2.14. The number of benzene rings is 3. The lowest BCUT2D eigenvalue weighted by molar-refractivity contribution is -0.115. The lowest BCUT2D eigenvalue weighted by Crippen LogP contribution is -2.33. The van der Waals surface area contributed by atoms with Crippen LogP contribution in [-0.2, 0) is 4.79 Å². The average Bonchev–Trinajstić information content (AvgIpc) is 2.78. The summed E-state index contributed by atoms with van der Waals surface area (Å²) in [6, 6.07) is 26.5. The van der Waals surface area contributed by atoms with Crippen LogP contribution in [0.3, 0.4) is 0 Å². The van der Waals surface area contributed by atoms with Crippen LogP contribution in [-0.4, -0.2) is 24.2 Å². The van der Waals surface area contributed by atoms with Crippen LogP contribution in [0.15, 0.2) is 91.0 Å². The van der Waals surface area contributed by atoms with Crippen molar-refractivity contribution in [2.24, 2.45) is 0 Å². The molecular formula is C24H22N2O3S. The fourth-order valence-electron chi connectivity index (χ4n) is 2.57. The van der Waals surface area contributed by atoms with Crippen LogP contribution in [0, 0.1) is 0 Å². The minimum absolute atomic E-state index is 0.189. The van der Waals surface area contributed by atoms with Gasteiger partial charge < -0.3 is 14.8 Å². The Balaban J connectivity index is 1.48. The van der Waals surface area contributed by atoms with E-state index in [1.807, 2.05) is 84.9 Å². The van der Waals surface area contributed by atoms with Gasteiger partial charge in [0.2, 0.25) is 5.91 Å². The molecule has 0 aliphatic carbocycles. The number of hydrogen-bond acceptors (Lipinski definition) is 4. The summed E-state index contributed by atoms with van der Waals surface area (Å²) in [4.78, 5) is 12.1. The molecule has 2 N–H and O–H groups in total. The average molecular weight is 419 g/mol. The second-order valence-electron chi connectivity index (χ2n) is 6.19. The minimum atomic E-state index is -0.314. The second-order valence-corrected chi connectivity index (χ2v) is 6.60. The maximum atomic E-state index is 12.1. The van der Waals surface area contributed by atoms with Gasteiger partial charge >= 0.3 is 0 Å². The molecule has 3 rings (SSSR count). The molecule has 0 aliphatic rings. The lowest BCUT2D eigenvalue weighted by atomic mass is 10.2. The van der Waals surface area contributed by atoms with Gasteiger partial charge in [0.25, 0.3) is 0 Å².